The molecular formula is C12H10OPt. The van der Waals surface area contributed by atoms with Gasteiger partial charge in [-0.15, -0.1) is 0 Å². The first-order chi connectivity index (χ1) is 6.36. The average Bonchev–Trinajstić information content (AvgIpc) is 2.20. The zero-order valence-corrected chi connectivity index (χ0v) is 9.73. The van der Waals surface area contributed by atoms with Gasteiger partial charge in [-0.2, -0.15) is 0 Å². The summed E-state index contributed by atoms with van der Waals surface area (Å²) in [5.41, 5.74) is 2.29. The second kappa shape index (κ2) is 4.97. The Bertz CT molecular complexity index is 381. The summed E-state index contributed by atoms with van der Waals surface area (Å²) >= 11 is 0. The van der Waals surface area contributed by atoms with E-state index in [1.807, 2.05) is 42.5 Å². The normalized spacial score (nSPS) is 9.14. The Kier molecular flexibility index (Phi) is 3.91. The summed E-state index contributed by atoms with van der Waals surface area (Å²) in [5, 5.41) is 9.10. The number of phenols is 1. The van der Waals surface area contributed by atoms with E-state index in [0.717, 1.165) is 5.56 Å². The van der Waals surface area contributed by atoms with E-state index in [1.165, 1.54) is 5.56 Å². The van der Waals surface area contributed by atoms with Crippen LogP contribution in [0.2, 0.25) is 0 Å². The van der Waals surface area contributed by atoms with Crippen LogP contribution in [-0.4, -0.2) is 5.11 Å². The first kappa shape index (κ1) is 11.0. The molecule has 0 radical (unpaired) electrons. The third kappa shape index (κ3) is 2.46. The van der Waals surface area contributed by atoms with Gasteiger partial charge < -0.3 is 5.11 Å². The summed E-state index contributed by atoms with van der Waals surface area (Å²) in [7, 11) is 0. The van der Waals surface area contributed by atoms with Crippen LogP contribution in [0.3, 0.4) is 0 Å². The molecule has 0 saturated heterocycles. The maximum absolute atomic E-state index is 9.10. The Morgan fingerprint density at radius 3 is 1.71 bits per heavy atom. The molecule has 0 spiro atoms. The van der Waals surface area contributed by atoms with Gasteiger partial charge in [0.25, 0.3) is 0 Å². The van der Waals surface area contributed by atoms with E-state index in [9.17, 15) is 0 Å². The molecular weight excluding hydrogens is 355 g/mol. The van der Waals surface area contributed by atoms with Crippen LogP contribution in [0.25, 0.3) is 11.1 Å². The van der Waals surface area contributed by atoms with E-state index in [0.29, 0.717) is 5.75 Å². The molecule has 0 aromatic heterocycles. The third-order valence-electron chi connectivity index (χ3n) is 1.97. The van der Waals surface area contributed by atoms with Gasteiger partial charge in [-0.05, 0) is 23.3 Å². The molecule has 0 amide bonds. The van der Waals surface area contributed by atoms with Crippen molar-refractivity contribution in [3.63, 3.8) is 0 Å². The SMILES string of the molecule is Oc1ccc(-c2ccccc2)cc1.[Pt]. The molecule has 0 atom stereocenters. The monoisotopic (exact) mass is 365 g/mol. The fourth-order valence-electron chi connectivity index (χ4n) is 1.28. The predicted molar refractivity (Wildman–Crippen MR) is 53.5 cm³/mol. The number of hydrogen-bond acceptors (Lipinski definition) is 1. The van der Waals surface area contributed by atoms with Gasteiger partial charge in [-0.1, -0.05) is 42.5 Å². The topological polar surface area (TPSA) is 20.2 Å². The first-order valence-corrected chi connectivity index (χ1v) is 4.21. The van der Waals surface area contributed by atoms with Crippen molar-refractivity contribution in [2.45, 2.75) is 0 Å². The molecule has 0 unspecified atom stereocenters. The van der Waals surface area contributed by atoms with Crippen LogP contribution >= 0.6 is 0 Å². The van der Waals surface area contributed by atoms with Crippen LogP contribution in [0.5, 0.6) is 5.75 Å². The molecule has 0 aliphatic carbocycles. The molecule has 0 heterocycles. The van der Waals surface area contributed by atoms with Gasteiger partial charge in [0.15, 0.2) is 0 Å². The van der Waals surface area contributed by atoms with Crippen LogP contribution in [0.4, 0.5) is 0 Å². The van der Waals surface area contributed by atoms with Crippen molar-refractivity contribution in [2.24, 2.45) is 0 Å². The standard InChI is InChI=1S/C12H10O.Pt/c13-12-8-6-11(7-9-12)10-4-2-1-3-5-10;/h1-9,13H;. The zero-order valence-electron chi connectivity index (χ0n) is 7.46. The van der Waals surface area contributed by atoms with Crippen molar-refractivity contribution >= 4 is 0 Å². The van der Waals surface area contributed by atoms with Crippen molar-refractivity contribution < 1.29 is 26.2 Å². The van der Waals surface area contributed by atoms with E-state index in [2.05, 4.69) is 0 Å². The molecule has 1 nitrogen and oxygen atoms in total. The molecule has 2 aromatic carbocycles. The van der Waals surface area contributed by atoms with E-state index in [-0.39, 0.29) is 21.1 Å². The summed E-state index contributed by atoms with van der Waals surface area (Å²) in [6, 6.07) is 17.3. The predicted octanol–water partition coefficient (Wildman–Crippen LogP) is 3.06. The third-order valence-corrected chi connectivity index (χ3v) is 1.97. The van der Waals surface area contributed by atoms with E-state index in [4.69, 9.17) is 5.11 Å². The van der Waals surface area contributed by atoms with Crippen LogP contribution in [0, 0.1) is 0 Å². The maximum Gasteiger partial charge on any atom is 0.115 e. The summed E-state index contributed by atoms with van der Waals surface area (Å²) < 4.78 is 0. The van der Waals surface area contributed by atoms with Gasteiger partial charge >= 0.3 is 0 Å². The number of aromatic hydroxyl groups is 1. The van der Waals surface area contributed by atoms with Crippen LogP contribution in [0.15, 0.2) is 54.6 Å². The molecule has 74 valence electrons. The van der Waals surface area contributed by atoms with Gasteiger partial charge in [0.05, 0.1) is 0 Å². The van der Waals surface area contributed by atoms with Gasteiger partial charge in [-0.3, -0.25) is 0 Å². The Morgan fingerprint density at radius 2 is 1.14 bits per heavy atom. The Labute approximate surface area is 97.7 Å². The van der Waals surface area contributed by atoms with Crippen LogP contribution in [-0.2, 0) is 21.1 Å². The average molecular weight is 365 g/mol. The minimum absolute atomic E-state index is 0. The molecule has 2 heteroatoms. The summed E-state index contributed by atoms with van der Waals surface area (Å²) in [5.74, 6) is 0.305. The molecule has 0 fully saturated rings. The molecule has 0 bridgehead atoms. The Balaban J connectivity index is 0.000000980. The first-order valence-electron chi connectivity index (χ1n) is 4.21. The van der Waals surface area contributed by atoms with Gasteiger partial charge in [-0.25, -0.2) is 0 Å². The second-order valence-corrected chi connectivity index (χ2v) is 2.91. The van der Waals surface area contributed by atoms with Crippen molar-refractivity contribution in [3.05, 3.63) is 54.6 Å². The maximum atomic E-state index is 9.10. The van der Waals surface area contributed by atoms with Crippen LogP contribution < -0.4 is 0 Å². The van der Waals surface area contributed by atoms with Crippen molar-refractivity contribution in [2.75, 3.05) is 0 Å². The fraction of sp³-hybridized carbons (Fsp3) is 0. The summed E-state index contributed by atoms with van der Waals surface area (Å²) in [6.07, 6.45) is 0. The van der Waals surface area contributed by atoms with E-state index >= 15 is 0 Å². The van der Waals surface area contributed by atoms with Gasteiger partial charge in [0, 0.05) is 21.1 Å². The minimum Gasteiger partial charge on any atom is -0.508 e. The molecule has 0 saturated carbocycles. The molecule has 2 rings (SSSR count). The summed E-state index contributed by atoms with van der Waals surface area (Å²) in [6.45, 7) is 0. The number of rotatable bonds is 1. The quantitative estimate of drug-likeness (QED) is 0.824. The molecule has 14 heavy (non-hydrogen) atoms. The van der Waals surface area contributed by atoms with Crippen molar-refractivity contribution in [1.82, 2.24) is 0 Å². The fourth-order valence-corrected chi connectivity index (χ4v) is 1.28. The van der Waals surface area contributed by atoms with Gasteiger partial charge in [0.2, 0.25) is 0 Å². The second-order valence-electron chi connectivity index (χ2n) is 2.91. The smallest absolute Gasteiger partial charge is 0.115 e. The summed E-state index contributed by atoms with van der Waals surface area (Å²) in [4.78, 5) is 0. The zero-order chi connectivity index (χ0) is 9.10. The van der Waals surface area contributed by atoms with Crippen molar-refractivity contribution in [3.8, 4) is 16.9 Å². The number of phenolic OH excluding ortho intramolecular Hbond substituents is 1. The van der Waals surface area contributed by atoms with Gasteiger partial charge in [0.1, 0.15) is 5.75 Å². The molecule has 0 aliphatic heterocycles. The van der Waals surface area contributed by atoms with Crippen molar-refractivity contribution in [1.29, 1.82) is 0 Å². The molecule has 2 aromatic rings. The molecule has 1 N–H and O–H groups in total. The van der Waals surface area contributed by atoms with E-state index < -0.39 is 0 Å². The van der Waals surface area contributed by atoms with Crippen LogP contribution in [0.1, 0.15) is 0 Å². The largest absolute Gasteiger partial charge is 0.508 e. The number of hydrogen-bond donors (Lipinski definition) is 1. The minimum atomic E-state index is 0. The Hall–Kier alpha value is -1.07. The molecule has 0 aliphatic rings. The number of benzene rings is 2. The Morgan fingerprint density at radius 1 is 0.643 bits per heavy atom. The van der Waals surface area contributed by atoms with E-state index in [1.54, 1.807) is 12.1 Å².